The molecule has 0 aliphatic heterocycles. The maximum Gasteiger partial charge on any atom is 0.267 e. The number of thioether (sulfide) groups is 1. The van der Waals surface area contributed by atoms with Crippen molar-refractivity contribution in [3.63, 3.8) is 0 Å². The van der Waals surface area contributed by atoms with E-state index in [2.05, 4.69) is 4.98 Å². The number of thiophene rings is 1. The number of fused-ring (bicyclic) bond motifs is 1. The molecular formula is C17H18N2O3S2. The fourth-order valence-electron chi connectivity index (χ4n) is 2.47. The average molecular weight is 362 g/mol. The van der Waals surface area contributed by atoms with E-state index in [0.717, 1.165) is 26.7 Å². The summed E-state index contributed by atoms with van der Waals surface area (Å²) in [4.78, 5) is 19.6. The Morgan fingerprint density at radius 1 is 1.29 bits per heavy atom. The summed E-state index contributed by atoms with van der Waals surface area (Å²) in [5, 5.41) is 10.4. The summed E-state index contributed by atoms with van der Waals surface area (Å²) in [7, 11) is 1.61. The number of aliphatic hydroxyl groups is 1. The molecule has 0 spiro atoms. The molecule has 5 nitrogen and oxygen atoms in total. The highest BCUT2D eigenvalue weighted by atomic mass is 32.2. The molecule has 126 valence electrons. The molecule has 0 saturated heterocycles. The van der Waals surface area contributed by atoms with Crippen LogP contribution in [0.5, 0.6) is 5.75 Å². The highest BCUT2D eigenvalue weighted by Gasteiger charge is 2.17. The molecule has 2 heterocycles. The van der Waals surface area contributed by atoms with Crippen LogP contribution < -0.4 is 10.3 Å². The minimum atomic E-state index is -0.0764. The number of rotatable bonds is 5. The molecule has 0 amide bonds. The molecule has 3 rings (SSSR count). The third-order valence-electron chi connectivity index (χ3n) is 3.83. The quantitative estimate of drug-likeness (QED) is 0.558. The third kappa shape index (κ3) is 2.94. The van der Waals surface area contributed by atoms with Crippen LogP contribution in [0.15, 0.2) is 34.2 Å². The molecule has 0 atom stereocenters. The lowest BCUT2D eigenvalue weighted by Gasteiger charge is -2.12. The summed E-state index contributed by atoms with van der Waals surface area (Å²) < 4.78 is 6.80. The maximum absolute atomic E-state index is 13.1. The van der Waals surface area contributed by atoms with Gasteiger partial charge in [0.2, 0.25) is 0 Å². The van der Waals surface area contributed by atoms with Crippen LogP contribution in [0.4, 0.5) is 0 Å². The summed E-state index contributed by atoms with van der Waals surface area (Å²) in [6, 6.07) is 7.31. The monoisotopic (exact) mass is 362 g/mol. The topological polar surface area (TPSA) is 64.3 Å². The van der Waals surface area contributed by atoms with E-state index in [9.17, 15) is 4.79 Å². The molecule has 7 heteroatoms. The van der Waals surface area contributed by atoms with Gasteiger partial charge in [0.25, 0.3) is 5.56 Å². The van der Waals surface area contributed by atoms with Crippen LogP contribution in [0, 0.1) is 13.8 Å². The zero-order chi connectivity index (χ0) is 17.3. The number of aryl methyl sites for hydroxylation is 2. The Hall–Kier alpha value is -1.83. The van der Waals surface area contributed by atoms with Crippen LogP contribution >= 0.6 is 23.1 Å². The molecular weight excluding hydrogens is 344 g/mol. The van der Waals surface area contributed by atoms with Crippen molar-refractivity contribution in [2.24, 2.45) is 0 Å². The third-order valence-corrected chi connectivity index (χ3v) is 5.85. The van der Waals surface area contributed by atoms with Gasteiger partial charge < -0.3 is 9.84 Å². The van der Waals surface area contributed by atoms with E-state index < -0.39 is 0 Å². The minimum Gasteiger partial charge on any atom is -0.497 e. The van der Waals surface area contributed by atoms with E-state index in [0.29, 0.717) is 16.3 Å². The van der Waals surface area contributed by atoms with Crippen LogP contribution in [-0.2, 0) is 0 Å². The van der Waals surface area contributed by atoms with E-state index in [1.165, 1.54) is 23.1 Å². The van der Waals surface area contributed by atoms with E-state index in [1.807, 2.05) is 38.1 Å². The van der Waals surface area contributed by atoms with Crippen LogP contribution in [0.1, 0.15) is 10.4 Å². The molecule has 0 saturated carbocycles. The zero-order valence-electron chi connectivity index (χ0n) is 13.7. The van der Waals surface area contributed by atoms with Crippen molar-refractivity contribution in [2.45, 2.75) is 19.0 Å². The number of aliphatic hydroxyl groups excluding tert-OH is 1. The molecule has 0 aliphatic rings. The van der Waals surface area contributed by atoms with E-state index >= 15 is 0 Å². The largest absolute Gasteiger partial charge is 0.497 e. The molecule has 0 unspecified atom stereocenters. The van der Waals surface area contributed by atoms with Gasteiger partial charge in [-0.05, 0) is 43.7 Å². The van der Waals surface area contributed by atoms with Crippen LogP contribution in [0.2, 0.25) is 0 Å². The van der Waals surface area contributed by atoms with E-state index in [-0.39, 0.29) is 12.2 Å². The maximum atomic E-state index is 13.1. The second kappa shape index (κ2) is 6.96. The highest BCUT2D eigenvalue weighted by Crippen LogP contribution is 2.29. The Bertz CT molecular complexity index is 930. The second-order valence-corrected chi connectivity index (χ2v) is 7.53. The highest BCUT2D eigenvalue weighted by molar-refractivity contribution is 7.99. The van der Waals surface area contributed by atoms with Gasteiger partial charge in [-0.2, -0.15) is 0 Å². The molecule has 1 N–H and O–H groups in total. The summed E-state index contributed by atoms with van der Waals surface area (Å²) in [6.45, 7) is 3.99. The number of ether oxygens (including phenoxy) is 1. The second-order valence-electron chi connectivity index (χ2n) is 5.27. The van der Waals surface area contributed by atoms with Crippen molar-refractivity contribution >= 4 is 33.3 Å². The molecule has 2 aromatic heterocycles. The van der Waals surface area contributed by atoms with Crippen molar-refractivity contribution < 1.29 is 9.84 Å². The molecule has 0 bridgehead atoms. The Labute approximate surface area is 147 Å². The van der Waals surface area contributed by atoms with Gasteiger partial charge in [-0.15, -0.1) is 11.3 Å². The average Bonchev–Trinajstić information content (AvgIpc) is 2.87. The van der Waals surface area contributed by atoms with Crippen molar-refractivity contribution in [1.82, 2.24) is 9.55 Å². The predicted molar refractivity (Wildman–Crippen MR) is 99.1 cm³/mol. The SMILES string of the molecule is COc1ccc(-n2c(SCCO)nc3sc(C)c(C)c3c2=O)cc1. The number of aromatic nitrogens is 2. The van der Waals surface area contributed by atoms with Crippen LogP contribution in [0.25, 0.3) is 15.9 Å². The van der Waals surface area contributed by atoms with Crippen molar-refractivity contribution in [3.8, 4) is 11.4 Å². The number of benzene rings is 1. The van der Waals surface area contributed by atoms with Gasteiger partial charge in [0.05, 0.1) is 24.8 Å². The first-order valence-corrected chi connectivity index (χ1v) is 9.28. The first-order valence-electron chi connectivity index (χ1n) is 7.47. The molecule has 0 aliphatic carbocycles. The standard InChI is InChI=1S/C17H18N2O3S2/c1-10-11(2)24-15-14(10)16(21)19(17(18-15)23-9-8-20)12-4-6-13(22-3)7-5-12/h4-7,20H,8-9H2,1-3H3. The fourth-order valence-corrected chi connectivity index (χ4v) is 4.29. The fraction of sp³-hybridized carbons (Fsp3) is 0.294. The van der Waals surface area contributed by atoms with Gasteiger partial charge in [-0.3, -0.25) is 9.36 Å². The first-order chi connectivity index (χ1) is 11.6. The number of hydrogen-bond acceptors (Lipinski definition) is 6. The lowest BCUT2D eigenvalue weighted by molar-refractivity contribution is 0.322. The summed E-state index contributed by atoms with van der Waals surface area (Å²) in [6.07, 6.45) is 0. The summed E-state index contributed by atoms with van der Waals surface area (Å²) in [5.41, 5.74) is 1.64. The smallest absolute Gasteiger partial charge is 0.267 e. The van der Waals surface area contributed by atoms with Gasteiger partial charge in [-0.25, -0.2) is 4.98 Å². The number of methoxy groups -OCH3 is 1. The van der Waals surface area contributed by atoms with E-state index in [1.54, 1.807) is 11.7 Å². The molecule has 0 fully saturated rings. The van der Waals surface area contributed by atoms with Gasteiger partial charge in [-0.1, -0.05) is 11.8 Å². The summed E-state index contributed by atoms with van der Waals surface area (Å²) in [5.74, 6) is 1.21. The first kappa shape index (κ1) is 17.0. The zero-order valence-corrected chi connectivity index (χ0v) is 15.3. The Kier molecular flexibility index (Phi) is 4.93. The van der Waals surface area contributed by atoms with Crippen LogP contribution in [-0.4, -0.2) is 34.1 Å². The Morgan fingerprint density at radius 2 is 2.00 bits per heavy atom. The summed E-state index contributed by atoms with van der Waals surface area (Å²) >= 11 is 2.90. The Balaban J connectivity index is 2.27. The normalized spacial score (nSPS) is 11.2. The lowest BCUT2D eigenvalue weighted by atomic mass is 10.2. The van der Waals surface area contributed by atoms with Crippen molar-refractivity contribution in [1.29, 1.82) is 0 Å². The van der Waals surface area contributed by atoms with Gasteiger partial charge in [0, 0.05) is 10.6 Å². The van der Waals surface area contributed by atoms with Gasteiger partial charge >= 0.3 is 0 Å². The van der Waals surface area contributed by atoms with Crippen molar-refractivity contribution in [3.05, 3.63) is 45.1 Å². The molecule has 24 heavy (non-hydrogen) atoms. The number of nitrogens with zero attached hydrogens (tertiary/aromatic N) is 2. The molecule has 3 aromatic rings. The van der Waals surface area contributed by atoms with E-state index in [4.69, 9.17) is 9.84 Å². The van der Waals surface area contributed by atoms with Gasteiger partial charge in [0.1, 0.15) is 10.6 Å². The van der Waals surface area contributed by atoms with Gasteiger partial charge in [0.15, 0.2) is 5.16 Å². The lowest BCUT2D eigenvalue weighted by Crippen LogP contribution is -2.21. The molecule has 0 radical (unpaired) electrons. The van der Waals surface area contributed by atoms with Crippen molar-refractivity contribution in [2.75, 3.05) is 19.5 Å². The van der Waals surface area contributed by atoms with Crippen LogP contribution in [0.3, 0.4) is 0 Å². The Morgan fingerprint density at radius 3 is 2.62 bits per heavy atom. The number of hydrogen-bond donors (Lipinski definition) is 1. The minimum absolute atomic E-state index is 0.0314. The predicted octanol–water partition coefficient (Wildman–Crippen LogP) is 3.16. The molecule has 1 aromatic carbocycles.